The van der Waals surface area contributed by atoms with Gasteiger partial charge in [-0.25, -0.2) is 4.39 Å². The monoisotopic (exact) mass is 576 g/mol. The first-order chi connectivity index (χ1) is 19.6. The number of rotatable bonds is 19. The van der Waals surface area contributed by atoms with Gasteiger partial charge < -0.3 is 35.5 Å². The number of ether oxygens (including phenoxy) is 3. The topological polar surface area (TPSA) is 123 Å². The van der Waals surface area contributed by atoms with Crippen molar-refractivity contribution in [3.8, 4) is 16.9 Å². The Morgan fingerprint density at radius 3 is 2.41 bits per heavy atom. The lowest BCUT2D eigenvalue weighted by atomic mass is 9.87. The summed E-state index contributed by atoms with van der Waals surface area (Å²) in [4.78, 5) is 13.0. The molecule has 230 valence electrons. The fourth-order valence-corrected chi connectivity index (χ4v) is 4.51. The number of hydrogen-bond donors (Lipinski definition) is 4. The third-order valence-electron chi connectivity index (χ3n) is 7.52. The number of benzene rings is 2. The zero-order valence-corrected chi connectivity index (χ0v) is 25.1. The molecule has 0 aliphatic carbocycles. The number of carbonyl (C=O) groups is 1. The molecule has 0 unspecified atom stereocenters. The summed E-state index contributed by atoms with van der Waals surface area (Å²) in [5.74, 6) is -0.172. The summed E-state index contributed by atoms with van der Waals surface area (Å²) >= 11 is 0. The Morgan fingerprint density at radius 1 is 1.10 bits per heavy atom. The number of aliphatic hydroxyl groups is 2. The molecule has 0 saturated carbocycles. The molecule has 0 bridgehead atoms. The summed E-state index contributed by atoms with van der Waals surface area (Å²) in [6.07, 6.45) is 0.808. The van der Waals surface area contributed by atoms with Crippen LogP contribution in [0.25, 0.3) is 11.1 Å². The van der Waals surface area contributed by atoms with E-state index >= 15 is 0 Å². The van der Waals surface area contributed by atoms with Gasteiger partial charge in [0.1, 0.15) is 11.6 Å². The molecule has 2 rings (SSSR count). The summed E-state index contributed by atoms with van der Waals surface area (Å²) in [5, 5.41) is 23.4. The van der Waals surface area contributed by atoms with E-state index in [2.05, 4.69) is 5.32 Å². The van der Waals surface area contributed by atoms with E-state index in [1.165, 1.54) is 12.1 Å². The van der Waals surface area contributed by atoms with Crippen LogP contribution in [0.3, 0.4) is 0 Å². The maximum absolute atomic E-state index is 13.5. The average molecular weight is 577 g/mol. The van der Waals surface area contributed by atoms with E-state index in [0.717, 1.165) is 29.5 Å². The number of aliphatic hydroxyl groups excluding tert-OH is 2. The second kappa shape index (κ2) is 18.1. The summed E-state index contributed by atoms with van der Waals surface area (Å²) < 4.78 is 30.4. The van der Waals surface area contributed by atoms with Crippen LogP contribution >= 0.6 is 0 Å². The second-order valence-corrected chi connectivity index (χ2v) is 11.0. The molecule has 8 nitrogen and oxygen atoms in total. The van der Waals surface area contributed by atoms with Gasteiger partial charge in [-0.3, -0.25) is 4.79 Å². The zero-order valence-electron chi connectivity index (χ0n) is 25.1. The van der Waals surface area contributed by atoms with Gasteiger partial charge in [0.25, 0.3) is 0 Å². The minimum atomic E-state index is -0.940. The SMILES string of the molecule is CC[C@H](C)[C@@H](CO)NC(=O)[C@@H](C[C@H](O)[C@@H](N)COCc1ccc(-c2ccc(F)cc2)c(OCCCOC)c1)C(C)C. The Bertz CT molecular complexity index is 1040. The van der Waals surface area contributed by atoms with Crippen molar-refractivity contribution in [3.63, 3.8) is 0 Å². The molecule has 41 heavy (non-hydrogen) atoms. The highest BCUT2D eigenvalue weighted by molar-refractivity contribution is 5.79. The van der Waals surface area contributed by atoms with E-state index < -0.39 is 18.1 Å². The predicted molar refractivity (Wildman–Crippen MR) is 159 cm³/mol. The molecule has 0 aromatic heterocycles. The van der Waals surface area contributed by atoms with Gasteiger partial charge in [-0.2, -0.15) is 0 Å². The van der Waals surface area contributed by atoms with Crippen molar-refractivity contribution in [2.24, 2.45) is 23.5 Å². The molecule has 2 aromatic carbocycles. The summed E-state index contributed by atoms with van der Waals surface area (Å²) in [6.45, 7) is 9.12. The Balaban J connectivity index is 1.99. The molecule has 0 saturated heterocycles. The lowest BCUT2D eigenvalue weighted by molar-refractivity contribution is -0.129. The average Bonchev–Trinajstić information content (AvgIpc) is 2.96. The Hall–Kier alpha value is -2.56. The lowest BCUT2D eigenvalue weighted by Gasteiger charge is -2.29. The molecule has 1 amide bonds. The number of methoxy groups -OCH3 is 1. The van der Waals surface area contributed by atoms with Crippen molar-refractivity contribution in [2.75, 3.05) is 33.5 Å². The van der Waals surface area contributed by atoms with Crippen LogP contribution in [-0.2, 0) is 20.9 Å². The van der Waals surface area contributed by atoms with Crippen LogP contribution in [0.1, 0.15) is 52.5 Å². The van der Waals surface area contributed by atoms with E-state index in [-0.39, 0.29) is 55.8 Å². The Labute approximate surface area is 244 Å². The maximum Gasteiger partial charge on any atom is 0.223 e. The second-order valence-electron chi connectivity index (χ2n) is 11.0. The first kappa shape index (κ1) is 34.6. The number of halogens is 1. The lowest BCUT2D eigenvalue weighted by Crippen LogP contribution is -2.48. The van der Waals surface area contributed by atoms with E-state index in [4.69, 9.17) is 19.9 Å². The Kier molecular flexibility index (Phi) is 15.3. The molecular formula is C32H49FN2O6. The van der Waals surface area contributed by atoms with Crippen LogP contribution < -0.4 is 15.8 Å². The van der Waals surface area contributed by atoms with Crippen molar-refractivity contribution < 1.29 is 33.6 Å². The van der Waals surface area contributed by atoms with Crippen LogP contribution in [0.4, 0.5) is 4.39 Å². The van der Waals surface area contributed by atoms with E-state index in [0.29, 0.717) is 19.0 Å². The molecule has 9 heteroatoms. The normalized spacial score (nSPS) is 15.3. The van der Waals surface area contributed by atoms with Crippen LogP contribution in [-0.4, -0.2) is 67.8 Å². The molecule has 5 atom stereocenters. The van der Waals surface area contributed by atoms with Crippen molar-refractivity contribution in [3.05, 3.63) is 53.8 Å². The number of nitrogens with one attached hydrogen (secondary N) is 1. The van der Waals surface area contributed by atoms with Gasteiger partial charge in [0.2, 0.25) is 5.91 Å². The molecule has 0 aliphatic heterocycles. The molecular weight excluding hydrogens is 527 g/mol. The van der Waals surface area contributed by atoms with Gasteiger partial charge in [0, 0.05) is 31.6 Å². The zero-order chi connectivity index (χ0) is 30.4. The van der Waals surface area contributed by atoms with Gasteiger partial charge >= 0.3 is 0 Å². The highest BCUT2D eigenvalue weighted by Crippen LogP contribution is 2.32. The van der Waals surface area contributed by atoms with Crippen LogP contribution in [0.5, 0.6) is 5.75 Å². The fourth-order valence-electron chi connectivity index (χ4n) is 4.51. The van der Waals surface area contributed by atoms with Gasteiger partial charge in [-0.15, -0.1) is 0 Å². The number of amides is 1. The van der Waals surface area contributed by atoms with Crippen LogP contribution in [0, 0.1) is 23.6 Å². The highest BCUT2D eigenvalue weighted by Gasteiger charge is 2.30. The van der Waals surface area contributed by atoms with Crippen LogP contribution in [0.15, 0.2) is 42.5 Å². The fraction of sp³-hybridized carbons (Fsp3) is 0.594. The third-order valence-corrected chi connectivity index (χ3v) is 7.52. The molecule has 0 fully saturated rings. The third kappa shape index (κ3) is 11.3. The minimum Gasteiger partial charge on any atom is -0.493 e. The maximum atomic E-state index is 13.5. The molecule has 0 radical (unpaired) electrons. The molecule has 0 heterocycles. The molecule has 0 spiro atoms. The summed E-state index contributed by atoms with van der Waals surface area (Å²) in [6, 6.07) is 11.0. The summed E-state index contributed by atoms with van der Waals surface area (Å²) in [7, 11) is 1.64. The van der Waals surface area contributed by atoms with Crippen molar-refractivity contribution in [1.29, 1.82) is 0 Å². The smallest absolute Gasteiger partial charge is 0.223 e. The minimum absolute atomic E-state index is 0.0176. The van der Waals surface area contributed by atoms with Crippen molar-refractivity contribution in [1.82, 2.24) is 5.32 Å². The molecule has 5 N–H and O–H groups in total. The van der Waals surface area contributed by atoms with Gasteiger partial charge in [0.05, 0.1) is 44.6 Å². The van der Waals surface area contributed by atoms with Crippen molar-refractivity contribution >= 4 is 5.91 Å². The van der Waals surface area contributed by atoms with E-state index in [9.17, 15) is 19.4 Å². The van der Waals surface area contributed by atoms with Gasteiger partial charge in [0.15, 0.2) is 0 Å². The first-order valence-corrected chi connectivity index (χ1v) is 14.5. The number of hydrogen-bond acceptors (Lipinski definition) is 7. The van der Waals surface area contributed by atoms with Crippen molar-refractivity contribution in [2.45, 2.75) is 71.8 Å². The standard InChI is InChI=1S/C32H49FN2O6/c1-6-22(4)29(18-36)35-32(38)27(21(2)3)17-30(37)28(34)20-40-19-23-8-13-26(24-9-11-25(33)12-10-24)31(16-23)41-15-7-14-39-5/h8-13,16,21-22,27-30,36-37H,6-7,14-15,17-20,34H2,1-5H3,(H,35,38)/t22-,27-,28-,29+,30-/m0/s1. The van der Waals surface area contributed by atoms with Crippen LogP contribution in [0.2, 0.25) is 0 Å². The van der Waals surface area contributed by atoms with Gasteiger partial charge in [-0.05, 0) is 47.6 Å². The van der Waals surface area contributed by atoms with E-state index in [1.54, 1.807) is 19.2 Å². The number of nitrogens with two attached hydrogens (primary N) is 1. The molecule has 0 aliphatic rings. The Morgan fingerprint density at radius 2 is 1.80 bits per heavy atom. The predicted octanol–water partition coefficient (Wildman–Crippen LogP) is 4.30. The first-order valence-electron chi connectivity index (χ1n) is 14.5. The number of carbonyl (C=O) groups excluding carboxylic acids is 1. The highest BCUT2D eigenvalue weighted by atomic mass is 19.1. The molecule has 2 aromatic rings. The quantitative estimate of drug-likeness (QED) is 0.184. The van der Waals surface area contributed by atoms with Gasteiger partial charge in [-0.1, -0.05) is 58.4 Å². The van der Waals surface area contributed by atoms with E-state index in [1.807, 2.05) is 45.9 Å². The largest absolute Gasteiger partial charge is 0.493 e. The summed E-state index contributed by atoms with van der Waals surface area (Å²) in [5.41, 5.74) is 8.79.